The Labute approximate surface area is 114 Å². The summed E-state index contributed by atoms with van der Waals surface area (Å²) in [7, 11) is 1.36. The van der Waals surface area contributed by atoms with Gasteiger partial charge in [0.2, 0.25) is 0 Å². The first-order chi connectivity index (χ1) is 9.04. The molecule has 1 N–H and O–H groups in total. The number of hydrogen-bond donors (Lipinski definition) is 1. The number of aliphatic hydroxyl groups is 1. The molecule has 0 bridgehead atoms. The van der Waals surface area contributed by atoms with Crippen molar-refractivity contribution in [2.75, 3.05) is 7.11 Å². The Balaban J connectivity index is 2.55. The lowest BCUT2D eigenvalue weighted by Gasteiger charge is -2.17. The third-order valence-electron chi connectivity index (χ3n) is 2.76. The highest BCUT2D eigenvalue weighted by atomic mass is 35.5. The largest absolute Gasteiger partial charge is 0.496 e. The van der Waals surface area contributed by atoms with Crippen molar-refractivity contribution in [2.24, 2.45) is 0 Å². The van der Waals surface area contributed by atoms with E-state index in [1.54, 1.807) is 0 Å². The van der Waals surface area contributed by atoms with Crippen LogP contribution >= 0.6 is 11.6 Å². The van der Waals surface area contributed by atoms with E-state index in [9.17, 15) is 13.9 Å². The quantitative estimate of drug-likeness (QED) is 0.931. The second-order valence-electron chi connectivity index (χ2n) is 3.92. The summed E-state index contributed by atoms with van der Waals surface area (Å²) in [6.07, 6.45) is -1.40. The molecule has 100 valence electrons. The predicted octanol–water partition coefficient (Wildman–Crippen LogP) is 3.71. The van der Waals surface area contributed by atoms with Crippen molar-refractivity contribution >= 4 is 11.6 Å². The third-order valence-corrected chi connectivity index (χ3v) is 3.10. The highest BCUT2D eigenvalue weighted by molar-refractivity contribution is 6.31. The van der Waals surface area contributed by atoms with Gasteiger partial charge in [0.1, 0.15) is 23.5 Å². The summed E-state index contributed by atoms with van der Waals surface area (Å²) in [5, 5.41) is 10.4. The zero-order chi connectivity index (χ0) is 14.0. The number of halogens is 3. The number of benzene rings is 2. The van der Waals surface area contributed by atoms with Crippen LogP contribution in [0.5, 0.6) is 5.75 Å². The molecule has 0 fully saturated rings. The molecule has 1 unspecified atom stereocenters. The summed E-state index contributed by atoms with van der Waals surface area (Å²) in [4.78, 5) is 0. The van der Waals surface area contributed by atoms with Crippen molar-refractivity contribution in [1.82, 2.24) is 0 Å². The highest BCUT2D eigenvalue weighted by Crippen LogP contribution is 2.35. The number of ether oxygens (including phenoxy) is 1. The minimum Gasteiger partial charge on any atom is -0.496 e. The second-order valence-corrected chi connectivity index (χ2v) is 4.33. The molecular formula is C14H11ClF2O2. The Kier molecular flexibility index (Phi) is 4.02. The maximum Gasteiger partial charge on any atom is 0.133 e. The average molecular weight is 285 g/mol. The summed E-state index contributed by atoms with van der Waals surface area (Å²) >= 11 is 5.90. The summed E-state index contributed by atoms with van der Waals surface area (Å²) in [5.74, 6) is -1.03. The van der Waals surface area contributed by atoms with Gasteiger partial charge in [-0.15, -0.1) is 0 Å². The highest BCUT2D eigenvalue weighted by Gasteiger charge is 2.22. The molecule has 0 spiro atoms. The summed E-state index contributed by atoms with van der Waals surface area (Å²) in [6.45, 7) is 0. The van der Waals surface area contributed by atoms with E-state index >= 15 is 0 Å². The summed E-state index contributed by atoms with van der Waals surface area (Å²) in [5.41, 5.74) is 0.0163. The zero-order valence-corrected chi connectivity index (χ0v) is 10.8. The molecule has 1 atom stereocenters. The van der Waals surface area contributed by atoms with Crippen LogP contribution in [0.15, 0.2) is 36.4 Å². The average Bonchev–Trinajstić information content (AvgIpc) is 2.40. The molecule has 2 rings (SSSR count). The van der Waals surface area contributed by atoms with E-state index in [1.807, 2.05) is 0 Å². The Morgan fingerprint density at radius 2 is 1.95 bits per heavy atom. The van der Waals surface area contributed by atoms with Crippen molar-refractivity contribution in [3.05, 3.63) is 64.2 Å². The van der Waals surface area contributed by atoms with Crippen LogP contribution in [0.25, 0.3) is 0 Å². The van der Waals surface area contributed by atoms with E-state index < -0.39 is 17.7 Å². The molecule has 0 saturated carbocycles. The SMILES string of the molecule is COc1cccc(F)c1C(O)c1cc(F)ccc1Cl. The van der Waals surface area contributed by atoms with Crippen LogP contribution in [0, 0.1) is 11.6 Å². The van der Waals surface area contributed by atoms with Crippen LogP contribution in [0.3, 0.4) is 0 Å². The number of methoxy groups -OCH3 is 1. The molecule has 0 aliphatic heterocycles. The van der Waals surface area contributed by atoms with Crippen molar-refractivity contribution in [3.8, 4) is 5.75 Å². The van der Waals surface area contributed by atoms with Gasteiger partial charge in [-0.25, -0.2) is 8.78 Å². The van der Waals surface area contributed by atoms with E-state index in [2.05, 4.69) is 0 Å². The van der Waals surface area contributed by atoms with E-state index in [-0.39, 0.29) is 21.9 Å². The van der Waals surface area contributed by atoms with Crippen LogP contribution in [0.2, 0.25) is 5.02 Å². The fraction of sp³-hybridized carbons (Fsp3) is 0.143. The third kappa shape index (κ3) is 2.69. The molecule has 0 aromatic heterocycles. The van der Waals surface area contributed by atoms with Gasteiger partial charge in [-0.05, 0) is 30.3 Å². The molecule has 0 aliphatic carbocycles. The van der Waals surface area contributed by atoms with Gasteiger partial charge >= 0.3 is 0 Å². The first-order valence-corrected chi connectivity index (χ1v) is 5.87. The van der Waals surface area contributed by atoms with Gasteiger partial charge in [-0.2, -0.15) is 0 Å². The van der Waals surface area contributed by atoms with Crippen LogP contribution in [-0.2, 0) is 0 Å². The molecule has 2 aromatic rings. The van der Waals surface area contributed by atoms with Gasteiger partial charge in [-0.1, -0.05) is 17.7 Å². The monoisotopic (exact) mass is 284 g/mol. The summed E-state index contributed by atoms with van der Waals surface area (Å²) in [6, 6.07) is 7.69. The minimum absolute atomic E-state index is 0.0718. The van der Waals surface area contributed by atoms with E-state index in [1.165, 1.54) is 31.4 Å². The Hall–Kier alpha value is -1.65. The number of aliphatic hydroxyl groups excluding tert-OH is 1. The van der Waals surface area contributed by atoms with Crippen molar-refractivity contribution in [1.29, 1.82) is 0 Å². The number of hydrogen-bond acceptors (Lipinski definition) is 2. The first kappa shape index (κ1) is 13.8. The van der Waals surface area contributed by atoms with Gasteiger partial charge in [0.25, 0.3) is 0 Å². The van der Waals surface area contributed by atoms with Gasteiger partial charge in [-0.3, -0.25) is 0 Å². The molecular weight excluding hydrogens is 274 g/mol. The maximum atomic E-state index is 13.8. The lowest BCUT2D eigenvalue weighted by Crippen LogP contribution is -2.06. The molecule has 2 nitrogen and oxygen atoms in total. The van der Waals surface area contributed by atoms with Crippen LogP contribution in [-0.4, -0.2) is 12.2 Å². The zero-order valence-electron chi connectivity index (χ0n) is 10.0. The molecule has 0 aliphatic rings. The van der Waals surface area contributed by atoms with Gasteiger partial charge in [0.05, 0.1) is 12.7 Å². The van der Waals surface area contributed by atoms with Crippen molar-refractivity contribution in [3.63, 3.8) is 0 Å². The van der Waals surface area contributed by atoms with Crippen LogP contribution in [0.1, 0.15) is 17.2 Å². The van der Waals surface area contributed by atoms with Crippen molar-refractivity contribution in [2.45, 2.75) is 6.10 Å². The fourth-order valence-electron chi connectivity index (χ4n) is 1.84. The Morgan fingerprint density at radius 1 is 1.21 bits per heavy atom. The second kappa shape index (κ2) is 5.55. The fourth-order valence-corrected chi connectivity index (χ4v) is 2.06. The first-order valence-electron chi connectivity index (χ1n) is 5.50. The Bertz CT molecular complexity index is 602. The molecule has 2 aromatic carbocycles. The summed E-state index contributed by atoms with van der Waals surface area (Å²) < 4.78 is 32.0. The normalized spacial score (nSPS) is 12.3. The lowest BCUT2D eigenvalue weighted by molar-refractivity contribution is 0.208. The van der Waals surface area contributed by atoms with E-state index in [0.29, 0.717) is 0 Å². The molecule has 0 saturated heterocycles. The smallest absolute Gasteiger partial charge is 0.133 e. The van der Waals surface area contributed by atoms with Gasteiger partial charge in [0, 0.05) is 10.6 Å². The molecule has 0 heterocycles. The molecule has 5 heteroatoms. The van der Waals surface area contributed by atoms with E-state index in [4.69, 9.17) is 16.3 Å². The topological polar surface area (TPSA) is 29.5 Å². The van der Waals surface area contributed by atoms with E-state index in [0.717, 1.165) is 12.1 Å². The Morgan fingerprint density at radius 3 is 2.63 bits per heavy atom. The molecule has 19 heavy (non-hydrogen) atoms. The van der Waals surface area contributed by atoms with Crippen LogP contribution < -0.4 is 4.74 Å². The molecule has 0 radical (unpaired) electrons. The van der Waals surface area contributed by atoms with Crippen molar-refractivity contribution < 1.29 is 18.6 Å². The van der Waals surface area contributed by atoms with Gasteiger partial charge < -0.3 is 9.84 Å². The number of rotatable bonds is 3. The minimum atomic E-state index is -1.40. The van der Waals surface area contributed by atoms with Gasteiger partial charge in [0.15, 0.2) is 0 Å². The lowest BCUT2D eigenvalue weighted by atomic mass is 10.00. The maximum absolute atomic E-state index is 13.8. The standard InChI is InChI=1S/C14H11ClF2O2/c1-19-12-4-2-3-11(17)13(12)14(18)9-7-8(16)5-6-10(9)15/h2-7,14,18H,1H3. The molecule has 0 amide bonds. The predicted molar refractivity (Wildman–Crippen MR) is 68.4 cm³/mol. The van der Waals surface area contributed by atoms with Crippen LogP contribution in [0.4, 0.5) is 8.78 Å².